The number of nitriles is 1. The van der Waals surface area contributed by atoms with Crippen molar-refractivity contribution in [3.63, 3.8) is 0 Å². The first kappa shape index (κ1) is 10.1. The average molecular weight is 206 g/mol. The highest BCUT2D eigenvalue weighted by atomic mass is 14.6. The van der Waals surface area contributed by atoms with Crippen LogP contribution in [0, 0.1) is 11.3 Å². The molecule has 1 aromatic heterocycles. The largest absolute Gasteiger partial charge is 0.264 e. The van der Waals surface area contributed by atoms with Gasteiger partial charge in [-0.05, 0) is 11.6 Å². The minimum atomic E-state index is 0.641. The van der Waals surface area contributed by atoms with Gasteiger partial charge in [0.05, 0.1) is 11.6 Å². The lowest BCUT2D eigenvalue weighted by Crippen LogP contribution is -1.82. The molecule has 1 aromatic carbocycles. The number of hydrogen-bond donors (Lipinski definition) is 0. The van der Waals surface area contributed by atoms with E-state index >= 15 is 0 Å². The zero-order valence-corrected chi connectivity index (χ0v) is 8.67. The third-order valence-corrected chi connectivity index (χ3v) is 2.23. The lowest BCUT2D eigenvalue weighted by atomic mass is 10.1. The fourth-order valence-electron chi connectivity index (χ4n) is 1.39. The van der Waals surface area contributed by atoms with E-state index in [0.29, 0.717) is 5.56 Å². The SMILES string of the molecule is N#Cc1ccncc1/C=C/c1ccccc1. The Kier molecular flexibility index (Phi) is 3.10. The highest BCUT2D eigenvalue weighted by Gasteiger charge is 1.96. The minimum Gasteiger partial charge on any atom is -0.264 e. The summed E-state index contributed by atoms with van der Waals surface area (Å²) in [6.07, 6.45) is 7.19. The average Bonchev–Trinajstić information content (AvgIpc) is 2.38. The van der Waals surface area contributed by atoms with E-state index in [1.54, 1.807) is 18.5 Å². The maximum atomic E-state index is 8.90. The maximum absolute atomic E-state index is 8.90. The summed E-state index contributed by atoms with van der Waals surface area (Å²) < 4.78 is 0. The zero-order valence-electron chi connectivity index (χ0n) is 8.67. The molecule has 2 aromatic rings. The standard InChI is InChI=1S/C14H10N2/c15-10-13-8-9-16-11-14(13)7-6-12-4-2-1-3-5-12/h1-9,11H/b7-6+. The van der Waals surface area contributed by atoms with Crippen LogP contribution >= 0.6 is 0 Å². The van der Waals surface area contributed by atoms with Crippen LogP contribution in [0.4, 0.5) is 0 Å². The van der Waals surface area contributed by atoms with Crippen molar-refractivity contribution in [2.75, 3.05) is 0 Å². The molecule has 0 atom stereocenters. The lowest BCUT2D eigenvalue weighted by Gasteiger charge is -1.95. The first-order valence-corrected chi connectivity index (χ1v) is 4.97. The molecule has 0 saturated carbocycles. The molecule has 1 heterocycles. The number of aromatic nitrogens is 1. The monoisotopic (exact) mass is 206 g/mol. The Bertz CT molecular complexity index is 536. The summed E-state index contributed by atoms with van der Waals surface area (Å²) in [4.78, 5) is 4.00. The van der Waals surface area contributed by atoms with E-state index in [-0.39, 0.29) is 0 Å². The molecule has 0 aliphatic rings. The van der Waals surface area contributed by atoms with Crippen molar-refractivity contribution in [2.45, 2.75) is 0 Å². The smallest absolute Gasteiger partial charge is 0.0999 e. The van der Waals surface area contributed by atoms with E-state index in [2.05, 4.69) is 11.1 Å². The fraction of sp³-hybridized carbons (Fsp3) is 0. The number of nitrogens with zero attached hydrogens (tertiary/aromatic N) is 2. The number of hydrogen-bond acceptors (Lipinski definition) is 2. The van der Waals surface area contributed by atoms with Crippen LogP contribution in [0.1, 0.15) is 16.7 Å². The van der Waals surface area contributed by atoms with Crippen molar-refractivity contribution in [1.82, 2.24) is 4.98 Å². The van der Waals surface area contributed by atoms with Gasteiger partial charge in [-0.25, -0.2) is 0 Å². The van der Waals surface area contributed by atoms with Crippen molar-refractivity contribution >= 4 is 12.2 Å². The van der Waals surface area contributed by atoms with Crippen LogP contribution in [0.25, 0.3) is 12.2 Å². The van der Waals surface area contributed by atoms with Crippen molar-refractivity contribution in [3.8, 4) is 6.07 Å². The van der Waals surface area contributed by atoms with Crippen LogP contribution in [0.3, 0.4) is 0 Å². The minimum absolute atomic E-state index is 0.641. The van der Waals surface area contributed by atoms with Gasteiger partial charge < -0.3 is 0 Å². The van der Waals surface area contributed by atoms with Gasteiger partial charge in [0.25, 0.3) is 0 Å². The molecule has 0 bridgehead atoms. The van der Waals surface area contributed by atoms with E-state index in [4.69, 9.17) is 5.26 Å². The fourth-order valence-corrected chi connectivity index (χ4v) is 1.39. The Morgan fingerprint density at radius 2 is 1.88 bits per heavy atom. The third kappa shape index (κ3) is 2.34. The molecule has 0 saturated heterocycles. The summed E-state index contributed by atoms with van der Waals surface area (Å²) in [6.45, 7) is 0. The van der Waals surface area contributed by atoms with Crippen LogP contribution < -0.4 is 0 Å². The van der Waals surface area contributed by atoms with Gasteiger partial charge >= 0.3 is 0 Å². The van der Waals surface area contributed by atoms with Gasteiger partial charge in [0, 0.05) is 18.0 Å². The Morgan fingerprint density at radius 1 is 1.06 bits per heavy atom. The summed E-state index contributed by atoms with van der Waals surface area (Å²) >= 11 is 0. The van der Waals surface area contributed by atoms with E-state index in [1.165, 1.54) is 0 Å². The molecule has 0 fully saturated rings. The summed E-state index contributed by atoms with van der Waals surface area (Å²) in [6, 6.07) is 13.8. The normalized spacial score (nSPS) is 10.2. The quantitative estimate of drug-likeness (QED) is 0.756. The molecule has 0 aliphatic heterocycles. The summed E-state index contributed by atoms with van der Waals surface area (Å²) in [5.41, 5.74) is 2.59. The van der Waals surface area contributed by atoms with Crippen LogP contribution in [0.15, 0.2) is 48.8 Å². The topological polar surface area (TPSA) is 36.7 Å². The van der Waals surface area contributed by atoms with E-state index in [0.717, 1.165) is 11.1 Å². The summed E-state index contributed by atoms with van der Waals surface area (Å²) in [7, 11) is 0. The Hall–Kier alpha value is -2.40. The van der Waals surface area contributed by atoms with Crippen molar-refractivity contribution in [3.05, 3.63) is 65.5 Å². The van der Waals surface area contributed by atoms with E-state index in [9.17, 15) is 0 Å². The van der Waals surface area contributed by atoms with Gasteiger partial charge in [-0.1, -0.05) is 42.5 Å². The molecule has 0 aliphatic carbocycles. The Labute approximate surface area is 94.5 Å². The highest BCUT2D eigenvalue weighted by molar-refractivity contribution is 5.71. The predicted molar refractivity (Wildman–Crippen MR) is 64.3 cm³/mol. The predicted octanol–water partition coefficient (Wildman–Crippen LogP) is 3.12. The number of rotatable bonds is 2. The Morgan fingerprint density at radius 3 is 2.62 bits per heavy atom. The third-order valence-electron chi connectivity index (χ3n) is 2.23. The summed E-state index contributed by atoms with van der Waals surface area (Å²) in [5.74, 6) is 0. The Balaban J connectivity index is 2.28. The molecular formula is C14H10N2. The molecule has 16 heavy (non-hydrogen) atoms. The van der Waals surface area contributed by atoms with Gasteiger partial charge in [0.15, 0.2) is 0 Å². The van der Waals surface area contributed by atoms with Crippen LogP contribution in [0.2, 0.25) is 0 Å². The van der Waals surface area contributed by atoms with Crippen molar-refractivity contribution in [2.24, 2.45) is 0 Å². The molecule has 0 radical (unpaired) electrons. The van der Waals surface area contributed by atoms with Crippen LogP contribution in [0.5, 0.6) is 0 Å². The van der Waals surface area contributed by atoms with E-state index < -0.39 is 0 Å². The van der Waals surface area contributed by atoms with Gasteiger partial charge in [0.1, 0.15) is 0 Å². The zero-order chi connectivity index (χ0) is 11.2. The van der Waals surface area contributed by atoms with Gasteiger partial charge in [0.2, 0.25) is 0 Å². The van der Waals surface area contributed by atoms with Gasteiger partial charge in [-0.2, -0.15) is 5.26 Å². The van der Waals surface area contributed by atoms with E-state index in [1.807, 2.05) is 42.5 Å². The molecule has 2 heteroatoms. The number of benzene rings is 1. The lowest BCUT2D eigenvalue weighted by molar-refractivity contribution is 1.30. The summed E-state index contributed by atoms with van der Waals surface area (Å²) in [5, 5.41) is 8.90. The molecule has 2 nitrogen and oxygen atoms in total. The molecule has 0 unspecified atom stereocenters. The first-order chi connectivity index (χ1) is 7.90. The molecule has 0 spiro atoms. The molecule has 2 rings (SSSR count). The molecule has 0 N–H and O–H groups in total. The molecule has 0 amide bonds. The number of pyridine rings is 1. The second kappa shape index (κ2) is 4.90. The highest BCUT2D eigenvalue weighted by Crippen LogP contribution is 2.10. The maximum Gasteiger partial charge on any atom is 0.0999 e. The van der Waals surface area contributed by atoms with Crippen LogP contribution in [-0.2, 0) is 0 Å². The second-order valence-electron chi connectivity index (χ2n) is 3.32. The first-order valence-electron chi connectivity index (χ1n) is 4.97. The van der Waals surface area contributed by atoms with Crippen molar-refractivity contribution < 1.29 is 0 Å². The molecule has 76 valence electrons. The van der Waals surface area contributed by atoms with Gasteiger partial charge in [-0.15, -0.1) is 0 Å². The van der Waals surface area contributed by atoms with Crippen molar-refractivity contribution in [1.29, 1.82) is 5.26 Å². The van der Waals surface area contributed by atoms with Crippen LogP contribution in [-0.4, -0.2) is 4.98 Å². The second-order valence-corrected chi connectivity index (χ2v) is 3.32. The van der Waals surface area contributed by atoms with Gasteiger partial charge in [-0.3, -0.25) is 4.98 Å². The molecular weight excluding hydrogens is 196 g/mol.